The first kappa shape index (κ1) is 21.8. The van der Waals surface area contributed by atoms with Gasteiger partial charge in [-0.3, -0.25) is 4.57 Å². The number of H-pyrrole nitrogens is 1. The highest BCUT2D eigenvalue weighted by atomic mass is 16.1. The van der Waals surface area contributed by atoms with Gasteiger partial charge in [-0.15, -0.1) is 6.58 Å². The first-order chi connectivity index (χ1) is 14.6. The Hall–Kier alpha value is -2.95. The maximum Gasteiger partial charge on any atom is 0.326 e. The van der Waals surface area contributed by atoms with Crippen LogP contribution in [0.25, 0.3) is 11.0 Å². The van der Waals surface area contributed by atoms with E-state index in [9.17, 15) is 4.79 Å². The van der Waals surface area contributed by atoms with Gasteiger partial charge in [-0.1, -0.05) is 63.3 Å². The molecule has 0 bridgehead atoms. The van der Waals surface area contributed by atoms with E-state index in [0.717, 1.165) is 54.0 Å². The summed E-state index contributed by atoms with van der Waals surface area (Å²) in [6, 6.07) is 14.2. The van der Waals surface area contributed by atoms with Gasteiger partial charge in [-0.25, -0.2) is 4.79 Å². The first-order valence-electron chi connectivity index (χ1n) is 11.0. The second-order valence-electron chi connectivity index (χ2n) is 7.90. The number of imidazole rings is 1. The van der Waals surface area contributed by atoms with E-state index in [2.05, 4.69) is 34.8 Å². The van der Waals surface area contributed by atoms with Gasteiger partial charge in [0.1, 0.15) is 0 Å². The fraction of sp³-hybridized carbons (Fsp3) is 0.400. The number of benzene rings is 2. The lowest BCUT2D eigenvalue weighted by molar-refractivity contribution is 0.557. The molecule has 1 heterocycles. The van der Waals surface area contributed by atoms with Crippen LogP contribution >= 0.6 is 0 Å². The molecule has 3 aromatic rings. The van der Waals surface area contributed by atoms with Crippen molar-refractivity contribution in [1.29, 1.82) is 0 Å². The van der Waals surface area contributed by atoms with Crippen LogP contribution < -0.4 is 15.9 Å². The summed E-state index contributed by atoms with van der Waals surface area (Å²) in [6.07, 6.45) is 9.14. The number of para-hydroxylation sites is 1. The zero-order valence-electron chi connectivity index (χ0n) is 18.3. The number of anilines is 3. The number of nitrogens with one attached hydrogen (secondary N) is 2. The number of aromatic amines is 1. The van der Waals surface area contributed by atoms with Crippen LogP contribution in [0.5, 0.6) is 0 Å². The van der Waals surface area contributed by atoms with Crippen LogP contribution in [0.3, 0.4) is 0 Å². The van der Waals surface area contributed by atoms with Crippen LogP contribution in [-0.4, -0.2) is 23.1 Å². The molecule has 160 valence electrons. The average molecular weight is 407 g/mol. The van der Waals surface area contributed by atoms with Crippen molar-refractivity contribution in [1.82, 2.24) is 9.55 Å². The Bertz CT molecular complexity index is 1000. The van der Waals surface area contributed by atoms with E-state index in [1.165, 1.54) is 25.7 Å². The van der Waals surface area contributed by atoms with Gasteiger partial charge in [0.05, 0.1) is 22.4 Å². The molecule has 3 rings (SSSR count). The van der Waals surface area contributed by atoms with Gasteiger partial charge in [0.25, 0.3) is 0 Å². The molecule has 0 saturated heterocycles. The summed E-state index contributed by atoms with van der Waals surface area (Å²) >= 11 is 0. The Morgan fingerprint density at radius 1 is 1.10 bits per heavy atom. The Labute approximate surface area is 179 Å². The third-order valence-corrected chi connectivity index (χ3v) is 5.49. The topological polar surface area (TPSA) is 53.1 Å². The zero-order valence-corrected chi connectivity index (χ0v) is 18.3. The molecule has 0 radical (unpaired) electrons. The van der Waals surface area contributed by atoms with Crippen molar-refractivity contribution in [3.05, 3.63) is 65.6 Å². The minimum atomic E-state index is -0.0345. The molecule has 30 heavy (non-hydrogen) atoms. The average Bonchev–Trinajstić information content (AvgIpc) is 3.05. The predicted molar refractivity (Wildman–Crippen MR) is 129 cm³/mol. The molecule has 0 unspecified atom stereocenters. The van der Waals surface area contributed by atoms with Crippen molar-refractivity contribution >= 4 is 28.1 Å². The van der Waals surface area contributed by atoms with E-state index < -0.39 is 0 Å². The highest BCUT2D eigenvalue weighted by Crippen LogP contribution is 2.32. The Kier molecular flexibility index (Phi) is 7.77. The maximum atomic E-state index is 12.6. The fourth-order valence-electron chi connectivity index (χ4n) is 3.85. The summed E-state index contributed by atoms with van der Waals surface area (Å²) in [5.74, 6) is 0. The number of aromatic nitrogens is 2. The lowest BCUT2D eigenvalue weighted by Crippen LogP contribution is -2.19. The van der Waals surface area contributed by atoms with E-state index in [1.807, 2.05) is 54.1 Å². The van der Waals surface area contributed by atoms with E-state index >= 15 is 0 Å². The Morgan fingerprint density at radius 3 is 2.57 bits per heavy atom. The second kappa shape index (κ2) is 10.7. The van der Waals surface area contributed by atoms with E-state index in [0.29, 0.717) is 0 Å². The molecule has 2 aromatic carbocycles. The van der Waals surface area contributed by atoms with Crippen LogP contribution in [0, 0.1) is 0 Å². The first-order valence-corrected chi connectivity index (χ1v) is 11.0. The maximum absolute atomic E-state index is 12.6. The summed E-state index contributed by atoms with van der Waals surface area (Å²) in [7, 11) is 2.04. The molecular weight excluding hydrogens is 372 g/mol. The van der Waals surface area contributed by atoms with Crippen LogP contribution in [-0.2, 0) is 6.54 Å². The molecule has 0 aliphatic rings. The summed E-state index contributed by atoms with van der Waals surface area (Å²) in [5.41, 5.74) is 4.80. The SMILES string of the molecule is C=CCN(C)c1cc2c(cc1Nc1ccccc1)[nH]c(=O)n2CCCCCCCC. The number of nitrogens with zero attached hydrogens (tertiary/aromatic N) is 2. The molecule has 0 spiro atoms. The molecule has 5 nitrogen and oxygen atoms in total. The monoisotopic (exact) mass is 406 g/mol. The highest BCUT2D eigenvalue weighted by molar-refractivity contribution is 5.90. The standard InChI is InChI=1S/C25H34N4O/c1-4-6-7-8-9-13-17-29-24-19-23(28(3)16-5-2)21(18-22(24)27-25(29)30)26-20-14-11-10-12-15-20/h5,10-12,14-15,18-19,26H,2,4,6-9,13,16-17H2,1,3H3,(H,27,30). The number of hydrogen-bond acceptors (Lipinski definition) is 3. The largest absolute Gasteiger partial charge is 0.369 e. The number of aryl methyl sites for hydroxylation is 1. The smallest absolute Gasteiger partial charge is 0.326 e. The van der Waals surface area contributed by atoms with Gasteiger partial charge >= 0.3 is 5.69 Å². The minimum absolute atomic E-state index is 0.0345. The molecular formula is C25H34N4O. The van der Waals surface area contributed by atoms with Gasteiger partial charge in [-0.2, -0.15) is 0 Å². The molecule has 5 heteroatoms. The normalized spacial score (nSPS) is 11.0. The predicted octanol–water partition coefficient (Wildman–Crippen LogP) is 6.06. The molecule has 0 amide bonds. The van der Waals surface area contributed by atoms with Crippen molar-refractivity contribution in [2.45, 2.75) is 52.0 Å². The number of hydrogen-bond donors (Lipinski definition) is 2. The number of likely N-dealkylation sites (N-methyl/N-ethyl adjacent to an activating group) is 1. The lowest BCUT2D eigenvalue weighted by Gasteiger charge is -2.22. The third kappa shape index (κ3) is 5.35. The molecule has 0 aliphatic carbocycles. The quantitative estimate of drug-likeness (QED) is 0.284. The Balaban J connectivity index is 1.89. The molecule has 0 aliphatic heterocycles. The third-order valence-electron chi connectivity index (χ3n) is 5.49. The van der Waals surface area contributed by atoms with Gasteiger partial charge in [-0.05, 0) is 30.7 Å². The van der Waals surface area contributed by atoms with Crippen LogP contribution in [0.1, 0.15) is 45.4 Å². The van der Waals surface area contributed by atoms with Crippen LogP contribution in [0.15, 0.2) is 59.9 Å². The summed E-state index contributed by atoms with van der Waals surface area (Å²) < 4.78 is 1.88. The van der Waals surface area contributed by atoms with Gasteiger partial charge in [0.15, 0.2) is 0 Å². The minimum Gasteiger partial charge on any atom is -0.369 e. The van der Waals surface area contributed by atoms with Crippen molar-refractivity contribution in [3.63, 3.8) is 0 Å². The van der Waals surface area contributed by atoms with E-state index in [4.69, 9.17) is 0 Å². The van der Waals surface area contributed by atoms with Crippen molar-refractivity contribution < 1.29 is 0 Å². The van der Waals surface area contributed by atoms with Gasteiger partial charge in [0.2, 0.25) is 0 Å². The second-order valence-corrected chi connectivity index (χ2v) is 7.90. The molecule has 0 saturated carbocycles. The highest BCUT2D eigenvalue weighted by Gasteiger charge is 2.14. The molecule has 0 fully saturated rings. The zero-order chi connectivity index (χ0) is 21.3. The summed E-state index contributed by atoms with van der Waals surface area (Å²) in [6.45, 7) is 7.58. The Morgan fingerprint density at radius 2 is 1.83 bits per heavy atom. The molecule has 1 aromatic heterocycles. The number of rotatable bonds is 12. The fourth-order valence-corrected chi connectivity index (χ4v) is 3.85. The number of unbranched alkanes of at least 4 members (excludes halogenated alkanes) is 5. The van der Waals surface area contributed by atoms with Gasteiger partial charge in [0, 0.05) is 25.8 Å². The van der Waals surface area contributed by atoms with E-state index in [1.54, 1.807) is 0 Å². The lowest BCUT2D eigenvalue weighted by atomic mass is 10.1. The van der Waals surface area contributed by atoms with Crippen molar-refractivity contribution in [3.8, 4) is 0 Å². The van der Waals surface area contributed by atoms with Crippen molar-refractivity contribution in [2.75, 3.05) is 23.8 Å². The summed E-state index contributed by atoms with van der Waals surface area (Å²) in [5, 5.41) is 3.50. The van der Waals surface area contributed by atoms with E-state index in [-0.39, 0.29) is 5.69 Å². The van der Waals surface area contributed by atoms with Crippen molar-refractivity contribution in [2.24, 2.45) is 0 Å². The number of fused-ring (bicyclic) bond motifs is 1. The molecule has 0 atom stereocenters. The van der Waals surface area contributed by atoms with Crippen LogP contribution in [0.2, 0.25) is 0 Å². The molecule has 2 N–H and O–H groups in total. The van der Waals surface area contributed by atoms with Crippen LogP contribution in [0.4, 0.5) is 17.1 Å². The summed E-state index contributed by atoms with van der Waals surface area (Å²) in [4.78, 5) is 17.8. The van der Waals surface area contributed by atoms with Gasteiger partial charge < -0.3 is 15.2 Å².